The van der Waals surface area contributed by atoms with Crippen LogP contribution in [0, 0.1) is 5.92 Å². The number of nitrogens with zero attached hydrogens (tertiary/aromatic N) is 1. The van der Waals surface area contributed by atoms with Gasteiger partial charge in [-0.05, 0) is 31.2 Å². The standard InChI is InChI=1S/C16H21N3O2/c1-2-13(10-7-11(20)8-10)17-16(21)9-15-12-5-3-4-6-14(12)18-19-15/h3-6,10-11,13,20H,2,7-9H2,1H3,(H,17,21)(H,18,19)/t10?,11?,13-/m1/s1. The van der Waals surface area contributed by atoms with Crippen LogP contribution >= 0.6 is 0 Å². The SMILES string of the molecule is CC[C@@H](NC(=O)Cc1[nH]nc2ccccc12)C1CC(O)C1. The molecule has 1 saturated carbocycles. The molecule has 3 N–H and O–H groups in total. The van der Waals surface area contributed by atoms with Gasteiger partial charge < -0.3 is 10.4 Å². The molecule has 1 aromatic heterocycles. The largest absolute Gasteiger partial charge is 0.393 e. The van der Waals surface area contributed by atoms with E-state index in [0.717, 1.165) is 35.9 Å². The molecule has 1 atom stereocenters. The fourth-order valence-corrected chi connectivity index (χ4v) is 3.08. The summed E-state index contributed by atoms with van der Waals surface area (Å²) in [6.45, 7) is 2.07. The van der Waals surface area contributed by atoms with E-state index in [9.17, 15) is 9.90 Å². The number of fused-ring (bicyclic) bond motifs is 1. The van der Waals surface area contributed by atoms with E-state index in [-0.39, 0.29) is 18.1 Å². The maximum atomic E-state index is 12.2. The maximum Gasteiger partial charge on any atom is 0.226 e. The monoisotopic (exact) mass is 287 g/mol. The normalized spacial score (nSPS) is 22.8. The number of H-pyrrole nitrogens is 1. The molecule has 1 aromatic carbocycles. The Labute approximate surface area is 123 Å². The van der Waals surface area contributed by atoms with Crippen molar-refractivity contribution >= 4 is 16.8 Å². The third-order valence-electron chi connectivity index (χ3n) is 4.38. The highest BCUT2D eigenvalue weighted by atomic mass is 16.3. The molecule has 1 amide bonds. The van der Waals surface area contributed by atoms with Gasteiger partial charge in [-0.3, -0.25) is 9.89 Å². The van der Waals surface area contributed by atoms with Crippen LogP contribution in [0.3, 0.4) is 0 Å². The van der Waals surface area contributed by atoms with Crippen molar-refractivity contribution in [2.45, 2.75) is 44.8 Å². The van der Waals surface area contributed by atoms with Crippen molar-refractivity contribution in [3.63, 3.8) is 0 Å². The topological polar surface area (TPSA) is 78.0 Å². The maximum absolute atomic E-state index is 12.2. The lowest BCUT2D eigenvalue weighted by Crippen LogP contribution is -2.47. The number of hydrogen-bond donors (Lipinski definition) is 3. The average Bonchev–Trinajstić information content (AvgIpc) is 2.85. The van der Waals surface area contributed by atoms with Gasteiger partial charge in [-0.15, -0.1) is 0 Å². The molecule has 21 heavy (non-hydrogen) atoms. The summed E-state index contributed by atoms with van der Waals surface area (Å²) in [7, 11) is 0. The van der Waals surface area contributed by atoms with Gasteiger partial charge >= 0.3 is 0 Å². The molecule has 0 saturated heterocycles. The number of aliphatic hydroxyl groups is 1. The summed E-state index contributed by atoms with van der Waals surface area (Å²) in [6.07, 6.45) is 2.62. The van der Waals surface area contributed by atoms with E-state index in [1.165, 1.54) is 0 Å². The molecule has 0 unspecified atom stereocenters. The number of aromatic nitrogens is 2. The molecule has 0 radical (unpaired) electrons. The minimum atomic E-state index is -0.183. The van der Waals surface area contributed by atoms with E-state index in [0.29, 0.717) is 12.3 Å². The number of rotatable bonds is 5. The molecule has 1 aliphatic carbocycles. The Kier molecular flexibility index (Phi) is 3.92. The van der Waals surface area contributed by atoms with Crippen LogP contribution in [-0.4, -0.2) is 33.4 Å². The van der Waals surface area contributed by atoms with Crippen molar-refractivity contribution in [3.05, 3.63) is 30.0 Å². The Balaban J connectivity index is 1.63. The predicted molar refractivity (Wildman–Crippen MR) is 80.8 cm³/mol. The minimum Gasteiger partial charge on any atom is -0.393 e. The summed E-state index contributed by atoms with van der Waals surface area (Å²) in [6, 6.07) is 7.94. The van der Waals surface area contributed by atoms with Crippen molar-refractivity contribution in [2.75, 3.05) is 0 Å². The van der Waals surface area contributed by atoms with Crippen molar-refractivity contribution in [2.24, 2.45) is 5.92 Å². The first-order chi connectivity index (χ1) is 10.2. The van der Waals surface area contributed by atoms with Crippen molar-refractivity contribution in [1.29, 1.82) is 0 Å². The highest BCUT2D eigenvalue weighted by molar-refractivity contribution is 5.87. The number of hydrogen-bond acceptors (Lipinski definition) is 3. The second-order valence-electron chi connectivity index (χ2n) is 5.86. The minimum absolute atomic E-state index is 0.0117. The number of carbonyl (C=O) groups is 1. The van der Waals surface area contributed by atoms with E-state index >= 15 is 0 Å². The molecule has 0 spiro atoms. The summed E-state index contributed by atoms with van der Waals surface area (Å²) in [5.74, 6) is 0.421. The van der Waals surface area contributed by atoms with Crippen LogP contribution < -0.4 is 5.32 Å². The highest BCUT2D eigenvalue weighted by Gasteiger charge is 2.33. The molecule has 112 valence electrons. The molecule has 0 bridgehead atoms. The molecule has 0 aliphatic heterocycles. The number of aliphatic hydroxyl groups excluding tert-OH is 1. The Morgan fingerprint density at radius 2 is 2.24 bits per heavy atom. The highest BCUT2D eigenvalue weighted by Crippen LogP contribution is 2.31. The summed E-state index contributed by atoms with van der Waals surface area (Å²) >= 11 is 0. The number of carbonyl (C=O) groups excluding carboxylic acids is 1. The number of nitrogens with one attached hydrogen (secondary N) is 2. The average molecular weight is 287 g/mol. The second kappa shape index (κ2) is 5.85. The van der Waals surface area contributed by atoms with Crippen molar-refractivity contribution in [3.8, 4) is 0 Å². The summed E-state index contributed by atoms with van der Waals surface area (Å²) in [4.78, 5) is 12.2. The molecule has 1 aliphatic rings. The van der Waals surface area contributed by atoms with Gasteiger partial charge in [-0.2, -0.15) is 5.10 Å². The quantitative estimate of drug-likeness (QED) is 0.784. The fourth-order valence-electron chi connectivity index (χ4n) is 3.08. The first kappa shape index (κ1) is 14.1. The lowest BCUT2D eigenvalue weighted by molar-refractivity contribution is -0.122. The summed E-state index contributed by atoms with van der Waals surface area (Å²) < 4.78 is 0. The van der Waals surface area contributed by atoms with E-state index in [1.54, 1.807) is 0 Å². The van der Waals surface area contributed by atoms with E-state index < -0.39 is 0 Å². The van der Waals surface area contributed by atoms with Crippen LogP contribution in [-0.2, 0) is 11.2 Å². The van der Waals surface area contributed by atoms with Crippen LogP contribution in [0.2, 0.25) is 0 Å². The van der Waals surface area contributed by atoms with E-state index in [1.807, 2.05) is 24.3 Å². The Hall–Kier alpha value is -1.88. The zero-order valence-electron chi connectivity index (χ0n) is 12.2. The molecule has 1 fully saturated rings. The summed E-state index contributed by atoms with van der Waals surface area (Å²) in [5.41, 5.74) is 1.74. The molecular weight excluding hydrogens is 266 g/mol. The molecule has 5 nitrogen and oxygen atoms in total. The first-order valence-corrected chi connectivity index (χ1v) is 7.56. The number of amides is 1. The van der Waals surface area contributed by atoms with Crippen LogP contribution in [0.15, 0.2) is 24.3 Å². The molecule has 2 aromatic rings. The Morgan fingerprint density at radius 1 is 1.48 bits per heavy atom. The van der Waals surface area contributed by atoms with E-state index in [4.69, 9.17) is 0 Å². The number of para-hydroxylation sites is 1. The first-order valence-electron chi connectivity index (χ1n) is 7.56. The third kappa shape index (κ3) is 2.93. The van der Waals surface area contributed by atoms with Crippen LogP contribution in [0.1, 0.15) is 31.9 Å². The van der Waals surface area contributed by atoms with Crippen molar-refractivity contribution < 1.29 is 9.90 Å². The number of aromatic amines is 1. The van der Waals surface area contributed by atoms with Gasteiger partial charge in [0.2, 0.25) is 5.91 Å². The zero-order valence-corrected chi connectivity index (χ0v) is 12.2. The summed E-state index contributed by atoms with van der Waals surface area (Å²) in [5, 5.41) is 20.6. The molecule has 5 heteroatoms. The van der Waals surface area contributed by atoms with Gasteiger partial charge in [-0.1, -0.05) is 25.1 Å². The van der Waals surface area contributed by atoms with Crippen molar-refractivity contribution in [1.82, 2.24) is 15.5 Å². The van der Waals surface area contributed by atoms with Gasteiger partial charge in [0.1, 0.15) is 0 Å². The Bertz CT molecular complexity index is 631. The van der Waals surface area contributed by atoms with Gasteiger partial charge in [0.05, 0.1) is 23.7 Å². The molecule has 3 rings (SSSR count). The lowest BCUT2D eigenvalue weighted by Gasteiger charge is -2.37. The Morgan fingerprint density at radius 3 is 2.95 bits per heavy atom. The van der Waals surface area contributed by atoms with Gasteiger partial charge in [-0.25, -0.2) is 0 Å². The zero-order chi connectivity index (χ0) is 14.8. The smallest absolute Gasteiger partial charge is 0.226 e. The van der Waals surface area contributed by atoms with Gasteiger partial charge in [0.15, 0.2) is 0 Å². The predicted octanol–water partition coefficient (Wildman–Crippen LogP) is 1.77. The van der Waals surface area contributed by atoms with Gasteiger partial charge in [0.25, 0.3) is 0 Å². The van der Waals surface area contributed by atoms with Crippen LogP contribution in [0.4, 0.5) is 0 Å². The molecule has 1 heterocycles. The van der Waals surface area contributed by atoms with E-state index in [2.05, 4.69) is 22.4 Å². The lowest BCUT2D eigenvalue weighted by atomic mass is 9.76. The fraction of sp³-hybridized carbons (Fsp3) is 0.500. The third-order valence-corrected chi connectivity index (χ3v) is 4.38. The van der Waals surface area contributed by atoms with Crippen LogP contribution in [0.5, 0.6) is 0 Å². The number of benzene rings is 1. The van der Waals surface area contributed by atoms with Crippen LogP contribution in [0.25, 0.3) is 10.9 Å². The second-order valence-corrected chi connectivity index (χ2v) is 5.86. The molecular formula is C16H21N3O2. The van der Waals surface area contributed by atoms with Gasteiger partial charge in [0, 0.05) is 11.4 Å².